The van der Waals surface area contributed by atoms with E-state index in [0.717, 1.165) is 22.5 Å². The lowest BCUT2D eigenvalue weighted by Crippen LogP contribution is -2.29. The number of carboxylic acid groups (broad SMARTS) is 1. The van der Waals surface area contributed by atoms with Gasteiger partial charge < -0.3 is 10.4 Å². The van der Waals surface area contributed by atoms with E-state index < -0.39 is 5.97 Å². The van der Waals surface area contributed by atoms with E-state index in [2.05, 4.69) is 50.4 Å². The Morgan fingerprint density at radius 2 is 1.79 bits per heavy atom. The molecule has 1 atom stereocenters. The third-order valence-corrected chi connectivity index (χ3v) is 4.95. The molecule has 0 amide bonds. The molecule has 0 radical (unpaired) electrons. The molecule has 0 spiro atoms. The largest absolute Gasteiger partial charge is 0.481 e. The number of nitrogens with one attached hydrogen (secondary N) is 1. The van der Waals surface area contributed by atoms with Crippen molar-refractivity contribution in [1.29, 1.82) is 0 Å². The number of hydrogen-bond donors (Lipinski definition) is 2. The SMILES string of the molecule is Cc1ccc(-c2nn(-c3ccccc3)cc2CNCC(CC(C)C)C(=O)O)cc1. The zero-order valence-corrected chi connectivity index (χ0v) is 17.3. The summed E-state index contributed by atoms with van der Waals surface area (Å²) in [5, 5.41) is 17.6. The highest BCUT2D eigenvalue weighted by atomic mass is 16.4. The van der Waals surface area contributed by atoms with Crippen molar-refractivity contribution in [1.82, 2.24) is 15.1 Å². The summed E-state index contributed by atoms with van der Waals surface area (Å²) in [4.78, 5) is 11.5. The fourth-order valence-electron chi connectivity index (χ4n) is 3.43. The number of hydrogen-bond acceptors (Lipinski definition) is 3. The zero-order valence-electron chi connectivity index (χ0n) is 17.3. The minimum atomic E-state index is -0.745. The number of aliphatic carboxylic acids is 1. The first kappa shape index (κ1) is 20.8. The molecule has 1 aromatic heterocycles. The summed E-state index contributed by atoms with van der Waals surface area (Å²) in [7, 11) is 0. The van der Waals surface area contributed by atoms with Crippen LogP contribution in [0.3, 0.4) is 0 Å². The number of benzene rings is 2. The molecule has 0 aliphatic rings. The summed E-state index contributed by atoms with van der Waals surface area (Å²) in [6.07, 6.45) is 2.69. The Kier molecular flexibility index (Phi) is 6.83. The van der Waals surface area contributed by atoms with Crippen LogP contribution < -0.4 is 5.32 Å². The van der Waals surface area contributed by atoms with Crippen LogP contribution in [0.25, 0.3) is 16.9 Å². The van der Waals surface area contributed by atoms with E-state index in [0.29, 0.717) is 25.4 Å². The van der Waals surface area contributed by atoms with E-state index in [4.69, 9.17) is 5.10 Å². The van der Waals surface area contributed by atoms with E-state index >= 15 is 0 Å². The molecule has 0 aliphatic heterocycles. The molecule has 1 heterocycles. The highest BCUT2D eigenvalue weighted by Gasteiger charge is 2.19. The smallest absolute Gasteiger partial charge is 0.307 e. The van der Waals surface area contributed by atoms with Crippen LogP contribution in [-0.2, 0) is 11.3 Å². The van der Waals surface area contributed by atoms with Gasteiger partial charge in [-0.2, -0.15) is 5.10 Å². The van der Waals surface area contributed by atoms with E-state index in [1.54, 1.807) is 0 Å². The molecule has 1 unspecified atom stereocenters. The van der Waals surface area contributed by atoms with Gasteiger partial charge in [-0.3, -0.25) is 4.79 Å². The lowest BCUT2D eigenvalue weighted by molar-refractivity contribution is -0.142. The Morgan fingerprint density at radius 1 is 1.10 bits per heavy atom. The quantitative estimate of drug-likeness (QED) is 0.556. The van der Waals surface area contributed by atoms with E-state index in [9.17, 15) is 9.90 Å². The minimum absolute atomic E-state index is 0.349. The van der Waals surface area contributed by atoms with E-state index in [1.807, 2.05) is 41.2 Å². The molecule has 0 bridgehead atoms. The van der Waals surface area contributed by atoms with Gasteiger partial charge in [0.05, 0.1) is 17.3 Å². The Hall–Kier alpha value is -2.92. The molecule has 5 nitrogen and oxygen atoms in total. The van der Waals surface area contributed by atoms with Gasteiger partial charge in [0.15, 0.2) is 0 Å². The van der Waals surface area contributed by atoms with Crippen LogP contribution in [0.15, 0.2) is 60.8 Å². The molecular weight excluding hydrogens is 362 g/mol. The van der Waals surface area contributed by atoms with Gasteiger partial charge >= 0.3 is 5.97 Å². The van der Waals surface area contributed by atoms with E-state index in [1.165, 1.54) is 5.56 Å². The van der Waals surface area contributed by atoms with Crippen molar-refractivity contribution in [3.8, 4) is 16.9 Å². The number of aromatic nitrogens is 2. The molecule has 0 saturated heterocycles. The van der Waals surface area contributed by atoms with Gasteiger partial charge in [0.1, 0.15) is 0 Å². The predicted molar refractivity (Wildman–Crippen MR) is 116 cm³/mol. The van der Waals surface area contributed by atoms with Gasteiger partial charge in [0.25, 0.3) is 0 Å². The number of carbonyl (C=O) groups is 1. The van der Waals surface area contributed by atoms with Gasteiger partial charge in [-0.1, -0.05) is 61.9 Å². The predicted octanol–water partition coefficient (Wildman–Crippen LogP) is 4.68. The average Bonchev–Trinajstić information content (AvgIpc) is 3.12. The Labute approximate surface area is 172 Å². The average molecular weight is 392 g/mol. The van der Waals surface area contributed by atoms with Crippen molar-refractivity contribution in [3.63, 3.8) is 0 Å². The van der Waals surface area contributed by atoms with Crippen LogP contribution in [0.2, 0.25) is 0 Å². The van der Waals surface area contributed by atoms with Crippen molar-refractivity contribution < 1.29 is 9.90 Å². The lowest BCUT2D eigenvalue weighted by atomic mass is 9.97. The normalized spacial score (nSPS) is 12.3. The first-order valence-electron chi connectivity index (χ1n) is 10.1. The molecule has 2 N–H and O–H groups in total. The van der Waals surface area contributed by atoms with Crippen molar-refractivity contribution >= 4 is 5.97 Å². The maximum absolute atomic E-state index is 11.5. The summed E-state index contributed by atoms with van der Waals surface area (Å²) in [6, 6.07) is 18.3. The van der Waals surface area contributed by atoms with Gasteiger partial charge in [0.2, 0.25) is 0 Å². The third kappa shape index (κ3) is 5.55. The number of para-hydroxylation sites is 1. The van der Waals surface area contributed by atoms with Crippen LogP contribution in [0.1, 0.15) is 31.4 Å². The van der Waals surface area contributed by atoms with Crippen LogP contribution in [0, 0.1) is 18.8 Å². The molecule has 152 valence electrons. The molecule has 3 aromatic rings. The second-order valence-corrected chi connectivity index (χ2v) is 7.94. The molecular formula is C24H29N3O2. The van der Waals surface area contributed by atoms with Crippen LogP contribution in [0.4, 0.5) is 0 Å². The topological polar surface area (TPSA) is 67.2 Å². The Bertz CT molecular complexity index is 931. The maximum atomic E-state index is 11.5. The highest BCUT2D eigenvalue weighted by Crippen LogP contribution is 2.24. The summed E-state index contributed by atoms with van der Waals surface area (Å²) < 4.78 is 1.88. The van der Waals surface area contributed by atoms with Crippen LogP contribution in [-0.4, -0.2) is 27.4 Å². The first-order chi connectivity index (χ1) is 13.9. The third-order valence-electron chi connectivity index (χ3n) is 4.95. The Morgan fingerprint density at radius 3 is 2.41 bits per heavy atom. The number of carboxylic acids is 1. The van der Waals surface area contributed by atoms with Crippen LogP contribution in [0.5, 0.6) is 0 Å². The molecule has 3 rings (SSSR count). The maximum Gasteiger partial charge on any atom is 0.307 e. The van der Waals surface area contributed by atoms with Gasteiger partial charge in [-0.15, -0.1) is 0 Å². The fourth-order valence-corrected chi connectivity index (χ4v) is 3.43. The summed E-state index contributed by atoms with van der Waals surface area (Å²) >= 11 is 0. The molecule has 0 fully saturated rings. The fraction of sp³-hybridized carbons (Fsp3) is 0.333. The molecule has 2 aromatic carbocycles. The van der Waals surface area contributed by atoms with Gasteiger partial charge in [-0.05, 0) is 31.4 Å². The molecule has 29 heavy (non-hydrogen) atoms. The number of rotatable bonds is 9. The summed E-state index contributed by atoms with van der Waals surface area (Å²) in [5.74, 6) is -0.784. The van der Waals surface area contributed by atoms with Crippen LogP contribution >= 0.6 is 0 Å². The second-order valence-electron chi connectivity index (χ2n) is 7.94. The van der Waals surface area contributed by atoms with Gasteiger partial charge in [-0.25, -0.2) is 4.68 Å². The van der Waals surface area contributed by atoms with E-state index in [-0.39, 0.29) is 5.92 Å². The number of nitrogens with zero attached hydrogens (tertiary/aromatic N) is 2. The molecule has 0 aliphatic carbocycles. The van der Waals surface area contributed by atoms with Gasteiger partial charge in [0, 0.05) is 30.4 Å². The zero-order chi connectivity index (χ0) is 20.8. The van der Waals surface area contributed by atoms with Crippen molar-refractivity contribution in [2.45, 2.75) is 33.7 Å². The van der Waals surface area contributed by atoms with Crippen molar-refractivity contribution in [3.05, 3.63) is 71.9 Å². The number of aryl methyl sites for hydroxylation is 1. The standard InChI is InChI=1S/C24H29N3O2/c1-17(2)13-20(24(28)29)14-25-15-21-16-27(22-7-5-4-6-8-22)26-23(21)19-11-9-18(3)10-12-19/h4-12,16-17,20,25H,13-15H2,1-3H3,(H,28,29). The minimum Gasteiger partial charge on any atom is -0.481 e. The molecule has 0 saturated carbocycles. The monoisotopic (exact) mass is 391 g/mol. The first-order valence-corrected chi connectivity index (χ1v) is 10.1. The Balaban J connectivity index is 1.83. The van der Waals surface area contributed by atoms with Crippen molar-refractivity contribution in [2.75, 3.05) is 6.54 Å². The summed E-state index contributed by atoms with van der Waals surface area (Å²) in [6.45, 7) is 7.18. The second kappa shape index (κ2) is 9.52. The highest BCUT2D eigenvalue weighted by molar-refractivity contribution is 5.70. The molecule has 5 heteroatoms. The van der Waals surface area contributed by atoms with Crippen molar-refractivity contribution in [2.24, 2.45) is 11.8 Å². The lowest BCUT2D eigenvalue weighted by Gasteiger charge is -2.15. The summed E-state index contributed by atoms with van der Waals surface area (Å²) in [5.41, 5.74) is 5.21.